The van der Waals surface area contributed by atoms with E-state index in [0.717, 1.165) is 16.9 Å². The molecule has 0 radical (unpaired) electrons. The van der Waals surface area contributed by atoms with Crippen LogP contribution in [0.1, 0.15) is 18.3 Å². The summed E-state index contributed by atoms with van der Waals surface area (Å²) in [5.74, 6) is 0.527. The lowest BCUT2D eigenvalue weighted by Crippen LogP contribution is -2.24. The number of carbonyl (C=O) groups is 1. The van der Waals surface area contributed by atoms with Crippen LogP contribution in [0.5, 0.6) is 0 Å². The topological polar surface area (TPSA) is 59.3 Å². The number of fused-ring (bicyclic) bond motifs is 1. The van der Waals surface area contributed by atoms with E-state index in [4.69, 9.17) is 23.2 Å². The van der Waals surface area contributed by atoms with E-state index in [1.165, 1.54) is 0 Å². The SMILES string of the molecule is C/C(=N\NC(=O)Cn1c(C)nc2ccccc21)c1cc(Cl)ccc1Cl. The molecule has 1 N–H and O–H groups in total. The Bertz CT molecular complexity index is 978. The van der Waals surface area contributed by atoms with E-state index in [2.05, 4.69) is 15.5 Å². The van der Waals surface area contributed by atoms with Gasteiger partial charge in [0.1, 0.15) is 12.4 Å². The van der Waals surface area contributed by atoms with Crippen LogP contribution >= 0.6 is 23.2 Å². The fourth-order valence-corrected chi connectivity index (χ4v) is 2.98. The molecule has 0 saturated heterocycles. The smallest absolute Gasteiger partial charge is 0.260 e. The van der Waals surface area contributed by atoms with Crippen molar-refractivity contribution < 1.29 is 4.79 Å². The van der Waals surface area contributed by atoms with Gasteiger partial charge in [-0.05, 0) is 44.2 Å². The highest BCUT2D eigenvalue weighted by molar-refractivity contribution is 6.36. The Labute approximate surface area is 155 Å². The van der Waals surface area contributed by atoms with E-state index in [1.807, 2.05) is 35.8 Å². The average Bonchev–Trinajstić information content (AvgIpc) is 2.90. The highest BCUT2D eigenvalue weighted by Crippen LogP contribution is 2.21. The third-order valence-electron chi connectivity index (χ3n) is 3.81. The maximum absolute atomic E-state index is 12.3. The molecule has 0 atom stereocenters. The lowest BCUT2D eigenvalue weighted by atomic mass is 10.1. The normalized spacial score (nSPS) is 11.8. The third kappa shape index (κ3) is 3.83. The molecule has 1 heterocycles. The summed E-state index contributed by atoms with van der Waals surface area (Å²) in [5, 5.41) is 5.21. The van der Waals surface area contributed by atoms with Gasteiger partial charge in [0.2, 0.25) is 0 Å². The Balaban J connectivity index is 1.76. The molecule has 5 nitrogen and oxygen atoms in total. The number of hydrogen-bond donors (Lipinski definition) is 1. The minimum Gasteiger partial charge on any atom is -0.319 e. The first kappa shape index (κ1) is 17.5. The second-order valence-corrected chi connectivity index (χ2v) is 6.43. The van der Waals surface area contributed by atoms with Crippen molar-refractivity contribution in [1.82, 2.24) is 15.0 Å². The molecule has 1 amide bonds. The molecular weight excluding hydrogens is 359 g/mol. The van der Waals surface area contributed by atoms with Gasteiger partial charge in [-0.3, -0.25) is 4.79 Å². The molecule has 0 bridgehead atoms. The fourth-order valence-electron chi connectivity index (χ4n) is 2.56. The van der Waals surface area contributed by atoms with Crippen LogP contribution in [-0.4, -0.2) is 21.2 Å². The van der Waals surface area contributed by atoms with Gasteiger partial charge < -0.3 is 4.57 Å². The number of benzene rings is 2. The van der Waals surface area contributed by atoms with E-state index in [0.29, 0.717) is 21.3 Å². The number of aromatic nitrogens is 2. The van der Waals surface area contributed by atoms with Crippen molar-refractivity contribution in [2.45, 2.75) is 20.4 Å². The zero-order chi connectivity index (χ0) is 18.0. The van der Waals surface area contributed by atoms with E-state index in [1.54, 1.807) is 25.1 Å². The second kappa shape index (κ2) is 7.25. The van der Waals surface area contributed by atoms with Crippen LogP contribution < -0.4 is 5.43 Å². The van der Waals surface area contributed by atoms with Crippen LogP contribution in [0.4, 0.5) is 0 Å². The number of nitrogens with zero attached hydrogens (tertiary/aromatic N) is 3. The zero-order valence-electron chi connectivity index (χ0n) is 13.8. The number of aryl methyl sites for hydroxylation is 1. The molecule has 0 fully saturated rings. The molecule has 0 aliphatic rings. The Hall–Kier alpha value is -2.37. The summed E-state index contributed by atoms with van der Waals surface area (Å²) in [6.45, 7) is 3.76. The van der Waals surface area contributed by atoms with Gasteiger partial charge in [-0.2, -0.15) is 5.10 Å². The molecule has 3 rings (SSSR count). The van der Waals surface area contributed by atoms with E-state index in [9.17, 15) is 4.79 Å². The molecule has 0 aliphatic carbocycles. The van der Waals surface area contributed by atoms with Gasteiger partial charge in [0, 0.05) is 15.6 Å². The van der Waals surface area contributed by atoms with Gasteiger partial charge in [-0.1, -0.05) is 35.3 Å². The zero-order valence-corrected chi connectivity index (χ0v) is 15.3. The molecule has 0 aliphatic heterocycles. The predicted molar refractivity (Wildman–Crippen MR) is 101 cm³/mol. The quantitative estimate of drug-likeness (QED) is 0.549. The molecule has 0 unspecified atom stereocenters. The van der Waals surface area contributed by atoms with E-state index >= 15 is 0 Å². The number of rotatable bonds is 4. The number of hydrogen-bond acceptors (Lipinski definition) is 3. The summed E-state index contributed by atoms with van der Waals surface area (Å²) >= 11 is 12.1. The minimum atomic E-state index is -0.247. The first-order valence-electron chi connectivity index (χ1n) is 7.66. The molecular formula is C18H16Cl2N4O. The number of halogens is 2. The van der Waals surface area contributed by atoms with Crippen molar-refractivity contribution in [2.75, 3.05) is 0 Å². The highest BCUT2D eigenvalue weighted by atomic mass is 35.5. The van der Waals surface area contributed by atoms with E-state index < -0.39 is 0 Å². The molecule has 25 heavy (non-hydrogen) atoms. The van der Waals surface area contributed by atoms with Crippen molar-refractivity contribution >= 4 is 45.9 Å². The number of hydrazone groups is 1. The average molecular weight is 375 g/mol. The number of para-hydroxylation sites is 2. The standard InChI is InChI=1S/C18H16Cl2N4O/c1-11(14-9-13(19)7-8-15(14)20)22-23-18(25)10-24-12(2)21-16-5-3-4-6-17(16)24/h3-9H,10H2,1-2H3,(H,23,25)/b22-11+. The largest absolute Gasteiger partial charge is 0.319 e. The number of amides is 1. The fraction of sp³-hybridized carbons (Fsp3) is 0.167. The maximum Gasteiger partial charge on any atom is 0.260 e. The van der Waals surface area contributed by atoms with Crippen molar-refractivity contribution in [3.05, 3.63) is 63.9 Å². The van der Waals surface area contributed by atoms with Crippen LogP contribution in [-0.2, 0) is 11.3 Å². The highest BCUT2D eigenvalue weighted by Gasteiger charge is 2.11. The Morgan fingerprint density at radius 1 is 1.24 bits per heavy atom. The first-order chi connectivity index (χ1) is 12.0. The van der Waals surface area contributed by atoms with Crippen LogP contribution in [0.3, 0.4) is 0 Å². The lowest BCUT2D eigenvalue weighted by molar-refractivity contribution is -0.121. The Kier molecular flexibility index (Phi) is 5.06. The van der Waals surface area contributed by atoms with Crippen LogP contribution in [0, 0.1) is 6.92 Å². The van der Waals surface area contributed by atoms with Gasteiger partial charge in [0.15, 0.2) is 0 Å². The molecule has 2 aromatic carbocycles. The third-order valence-corrected chi connectivity index (χ3v) is 4.38. The predicted octanol–water partition coefficient (Wildman–Crippen LogP) is 4.19. The lowest BCUT2D eigenvalue weighted by Gasteiger charge is -2.07. The monoisotopic (exact) mass is 374 g/mol. The molecule has 1 aromatic heterocycles. The first-order valence-corrected chi connectivity index (χ1v) is 8.41. The summed E-state index contributed by atoms with van der Waals surface area (Å²) < 4.78 is 1.85. The van der Waals surface area contributed by atoms with Crippen LogP contribution in [0.25, 0.3) is 11.0 Å². The van der Waals surface area contributed by atoms with Crippen LogP contribution in [0.15, 0.2) is 47.6 Å². The van der Waals surface area contributed by atoms with Gasteiger partial charge in [-0.25, -0.2) is 10.4 Å². The molecule has 0 spiro atoms. The molecule has 128 valence electrons. The van der Waals surface area contributed by atoms with Gasteiger partial charge in [-0.15, -0.1) is 0 Å². The Morgan fingerprint density at radius 2 is 2.00 bits per heavy atom. The number of nitrogens with one attached hydrogen (secondary N) is 1. The summed E-state index contributed by atoms with van der Waals surface area (Å²) in [6.07, 6.45) is 0. The van der Waals surface area contributed by atoms with Crippen molar-refractivity contribution in [1.29, 1.82) is 0 Å². The van der Waals surface area contributed by atoms with Crippen molar-refractivity contribution in [2.24, 2.45) is 5.10 Å². The van der Waals surface area contributed by atoms with Crippen LogP contribution in [0.2, 0.25) is 10.0 Å². The van der Waals surface area contributed by atoms with E-state index in [-0.39, 0.29) is 12.5 Å². The second-order valence-electron chi connectivity index (χ2n) is 5.59. The van der Waals surface area contributed by atoms with Crippen molar-refractivity contribution in [3.8, 4) is 0 Å². The molecule has 0 saturated carbocycles. The van der Waals surface area contributed by atoms with Gasteiger partial charge >= 0.3 is 0 Å². The molecule has 7 heteroatoms. The summed E-state index contributed by atoms with van der Waals surface area (Å²) in [6, 6.07) is 12.8. The van der Waals surface area contributed by atoms with Gasteiger partial charge in [0.25, 0.3) is 5.91 Å². The van der Waals surface area contributed by atoms with Gasteiger partial charge in [0.05, 0.1) is 16.7 Å². The number of carbonyl (C=O) groups excluding carboxylic acids is 1. The molecule has 3 aromatic rings. The summed E-state index contributed by atoms with van der Waals surface area (Å²) in [4.78, 5) is 16.7. The maximum atomic E-state index is 12.3. The minimum absolute atomic E-state index is 0.131. The summed E-state index contributed by atoms with van der Waals surface area (Å²) in [5.41, 5.74) is 5.58. The Morgan fingerprint density at radius 3 is 2.80 bits per heavy atom. The number of imidazole rings is 1. The van der Waals surface area contributed by atoms with Crippen molar-refractivity contribution in [3.63, 3.8) is 0 Å². The summed E-state index contributed by atoms with van der Waals surface area (Å²) in [7, 11) is 0.